The molecule has 0 aliphatic carbocycles. The third kappa shape index (κ3) is 29.1. The van der Waals surface area contributed by atoms with Crippen LogP contribution in [0.3, 0.4) is 0 Å². The number of amides is 3. The van der Waals surface area contributed by atoms with Crippen molar-refractivity contribution in [3.8, 4) is 0 Å². The van der Waals surface area contributed by atoms with Crippen molar-refractivity contribution >= 4 is 29.4 Å². The lowest BCUT2D eigenvalue weighted by molar-refractivity contribution is -0.161. The topological polar surface area (TPSA) is 381 Å². The van der Waals surface area contributed by atoms with Gasteiger partial charge in [0.05, 0.1) is 174 Å². The van der Waals surface area contributed by atoms with E-state index < -0.39 is 120 Å². The molecule has 6 heterocycles. The van der Waals surface area contributed by atoms with Crippen LogP contribution in [0.4, 0.5) is 38.0 Å². The molecular weight excluding hydrogens is 1290 g/mol. The number of aromatic nitrogens is 4. The third-order valence-corrected chi connectivity index (χ3v) is 15.0. The van der Waals surface area contributed by atoms with Crippen LogP contribution >= 0.6 is 0 Å². The summed E-state index contributed by atoms with van der Waals surface area (Å²) in [6, 6.07) is -2.34. The largest absolute Gasteiger partial charge is 0.434 e. The van der Waals surface area contributed by atoms with Crippen LogP contribution in [0.1, 0.15) is 90.4 Å². The van der Waals surface area contributed by atoms with Crippen molar-refractivity contribution in [2.24, 2.45) is 5.11 Å². The number of ether oxygens (including phenoxy) is 14. The van der Waals surface area contributed by atoms with Gasteiger partial charge in [0.1, 0.15) is 48.3 Å². The van der Waals surface area contributed by atoms with Crippen molar-refractivity contribution in [3.05, 3.63) is 46.6 Å². The van der Waals surface area contributed by atoms with Crippen molar-refractivity contribution in [2.45, 2.75) is 170 Å². The first-order valence-corrected chi connectivity index (χ1v) is 32.0. The van der Waals surface area contributed by atoms with Gasteiger partial charge in [-0.25, -0.2) is 9.97 Å². The number of rotatable bonds is 47. The van der Waals surface area contributed by atoms with Gasteiger partial charge in [-0.3, -0.25) is 24.4 Å². The summed E-state index contributed by atoms with van der Waals surface area (Å²) in [5.74, 6) is -3.36. The molecule has 0 saturated carbocycles. The predicted molar refractivity (Wildman–Crippen MR) is 323 cm³/mol. The molecular formula is C59H92F6N12O19. The van der Waals surface area contributed by atoms with Gasteiger partial charge in [0, 0.05) is 43.8 Å². The molecule has 7 N–H and O–H groups in total. The fraction of sp³-hybridized carbons (Fsp3) is 0.814. The van der Waals surface area contributed by atoms with E-state index in [4.69, 9.17) is 71.8 Å². The molecule has 4 fully saturated rings. The van der Waals surface area contributed by atoms with E-state index in [0.717, 1.165) is 0 Å². The molecule has 2 aromatic heterocycles. The lowest BCUT2D eigenvalue weighted by atomic mass is 9.96. The maximum atomic E-state index is 13.2. The summed E-state index contributed by atoms with van der Waals surface area (Å²) in [6.45, 7) is 11.4. The summed E-state index contributed by atoms with van der Waals surface area (Å²) in [4.78, 5) is 55.6. The molecule has 0 aromatic carbocycles. The first kappa shape index (κ1) is 79.4. The van der Waals surface area contributed by atoms with E-state index in [9.17, 15) is 50.9 Å². The molecule has 6 rings (SSSR count). The van der Waals surface area contributed by atoms with Crippen LogP contribution in [-0.2, 0) is 93.1 Å². The molecule has 0 bridgehead atoms. The number of anilines is 2. The number of aliphatic hydroxyl groups is 2. The number of aliphatic hydroxyl groups excluding tert-OH is 2. The van der Waals surface area contributed by atoms with Gasteiger partial charge >= 0.3 is 12.4 Å². The van der Waals surface area contributed by atoms with Gasteiger partial charge in [-0.05, 0) is 58.9 Å². The number of nitrogens with one attached hydrogen (secondary N) is 5. The first-order valence-electron chi connectivity index (χ1n) is 32.0. The lowest BCUT2D eigenvalue weighted by Gasteiger charge is -2.37. The van der Waals surface area contributed by atoms with Crippen molar-refractivity contribution in [1.82, 2.24) is 35.9 Å². The Bertz CT molecular complexity index is 2510. The number of unbranched alkanes of at least 4 members (excludes halogenated alkanes) is 2. The zero-order valence-electron chi connectivity index (χ0n) is 54.4. The van der Waals surface area contributed by atoms with E-state index in [0.29, 0.717) is 31.7 Å². The number of fused-ring (bicyclic) bond motifs is 2. The van der Waals surface area contributed by atoms with Crippen molar-refractivity contribution in [2.75, 3.05) is 149 Å². The highest BCUT2D eigenvalue weighted by atomic mass is 19.4. The van der Waals surface area contributed by atoms with Crippen LogP contribution in [-0.4, -0.2) is 265 Å². The van der Waals surface area contributed by atoms with Crippen molar-refractivity contribution in [3.63, 3.8) is 0 Å². The molecule has 31 nitrogen and oxygen atoms in total. The smallest absolute Gasteiger partial charge is 0.391 e. The number of hydrogen-bond acceptors (Lipinski definition) is 26. The SMILES string of the molecule is CC1(C)O[C@@H]2[C@H](O1)[C@@H](Nc1cncc(C(F)(F)F)n1)CO[C@@H]2COCCOCCOCCOCCNC(=O)CCC(O)C(NC(=O)CCCCCN=[N+]=[N-])C(O)CCC(=O)NCCOCCOCCOCCOC[C@H]1OC[C@H](Nc2cncc(C(F)(F)F)n2)[C@H]2OC(C)(C)O[C@H]21. The molecule has 0 spiro atoms. The molecule has 2 aromatic rings. The quantitative estimate of drug-likeness (QED) is 0.0164. The van der Waals surface area contributed by atoms with Gasteiger partial charge in [-0.1, -0.05) is 11.5 Å². The second-order valence-corrected chi connectivity index (χ2v) is 23.5. The Balaban J connectivity index is 0.748. The second kappa shape index (κ2) is 41.1. The highest BCUT2D eigenvalue weighted by Gasteiger charge is 2.54. The molecule has 544 valence electrons. The summed E-state index contributed by atoms with van der Waals surface area (Å²) in [5.41, 5.74) is 6.25. The minimum atomic E-state index is -4.66. The number of azide groups is 1. The van der Waals surface area contributed by atoms with Gasteiger partial charge in [-0.2, -0.15) is 26.3 Å². The highest BCUT2D eigenvalue weighted by molar-refractivity contribution is 5.77. The van der Waals surface area contributed by atoms with Crippen LogP contribution in [0.5, 0.6) is 0 Å². The lowest BCUT2D eigenvalue weighted by Crippen LogP contribution is -2.55. The zero-order chi connectivity index (χ0) is 69.4. The summed E-state index contributed by atoms with van der Waals surface area (Å²) in [7, 11) is 0. The van der Waals surface area contributed by atoms with E-state index in [2.05, 4.69) is 56.5 Å². The number of hydrogen-bond donors (Lipinski definition) is 7. The van der Waals surface area contributed by atoms with Crippen LogP contribution in [0, 0.1) is 0 Å². The number of nitrogens with zero attached hydrogens (tertiary/aromatic N) is 7. The summed E-state index contributed by atoms with van der Waals surface area (Å²) in [6.07, 6.45) is -10.5. The Morgan fingerprint density at radius 3 is 1.34 bits per heavy atom. The minimum Gasteiger partial charge on any atom is -0.391 e. The van der Waals surface area contributed by atoms with Gasteiger partial charge < -0.3 is 103 Å². The Labute approximate surface area is 551 Å². The summed E-state index contributed by atoms with van der Waals surface area (Å²) in [5, 5.41) is 39.7. The molecule has 37 heteroatoms. The first-order chi connectivity index (χ1) is 45.9. The van der Waals surface area contributed by atoms with E-state index in [1.807, 2.05) is 0 Å². The average molecular weight is 1390 g/mol. The molecule has 0 radical (unpaired) electrons. The fourth-order valence-electron chi connectivity index (χ4n) is 10.5. The maximum absolute atomic E-state index is 13.2. The summed E-state index contributed by atoms with van der Waals surface area (Å²) >= 11 is 0. The standard InChI is InChI=1S/C59H92F6N12O19/c1-56(2)93-52-38(72-46-32-67-30-44(74-46)58(60,61)62)34-91-42(54(52)95-56)36-89-28-26-87-24-22-85-20-18-83-16-14-69-48(80)11-9-40(78)51(76-50(82)8-6-5-7-13-71-77-66)41(79)10-12-49(81)70-15-17-84-19-21-86-23-25-88-27-29-90-37-43-55-53(94-57(3,4)96-55)39(35-92-43)73-47-33-68-31-45(75-47)59(63,64)65/h30-33,38-43,51-55,78-79H,5-29,34-37H2,1-4H3,(H,69,80)(H,70,81)(H,72,74)(H,73,75)(H,76,82)/t38-,39-,40?,41?,42+,43+,51?,52+,53+,54-,55-/m0/s1. The Hall–Kier alpha value is -5.58. The molecule has 10 atom stereocenters. The average Bonchev–Trinajstić information content (AvgIpc) is 1.62. The molecule has 96 heavy (non-hydrogen) atoms. The minimum absolute atomic E-state index is 0.0653. The van der Waals surface area contributed by atoms with Gasteiger partial charge in [0.2, 0.25) is 17.7 Å². The van der Waals surface area contributed by atoms with Crippen molar-refractivity contribution in [1.29, 1.82) is 0 Å². The summed E-state index contributed by atoms with van der Waals surface area (Å²) < 4.78 is 160. The molecule has 4 aliphatic heterocycles. The zero-order valence-corrected chi connectivity index (χ0v) is 54.4. The van der Waals surface area contributed by atoms with Crippen LogP contribution in [0.2, 0.25) is 0 Å². The van der Waals surface area contributed by atoms with E-state index in [-0.39, 0.29) is 182 Å². The Morgan fingerprint density at radius 2 is 0.948 bits per heavy atom. The monoisotopic (exact) mass is 1390 g/mol. The van der Waals surface area contributed by atoms with Crippen LogP contribution in [0.25, 0.3) is 10.4 Å². The van der Waals surface area contributed by atoms with Gasteiger partial charge in [-0.15, -0.1) is 0 Å². The second-order valence-electron chi connectivity index (χ2n) is 23.5. The number of carbonyl (C=O) groups excluding carboxylic acids is 3. The van der Waals surface area contributed by atoms with Gasteiger partial charge in [0.15, 0.2) is 23.0 Å². The number of alkyl halides is 6. The van der Waals surface area contributed by atoms with E-state index in [1.165, 1.54) is 12.4 Å². The Morgan fingerprint density at radius 1 is 0.562 bits per heavy atom. The van der Waals surface area contributed by atoms with E-state index in [1.54, 1.807) is 27.7 Å². The van der Waals surface area contributed by atoms with Crippen LogP contribution < -0.4 is 26.6 Å². The molecule has 4 aliphatic rings. The Kier molecular flexibility index (Phi) is 34.0. The molecule has 3 amide bonds. The normalized spacial score (nSPS) is 23.0. The van der Waals surface area contributed by atoms with Crippen LogP contribution in [0.15, 0.2) is 29.9 Å². The van der Waals surface area contributed by atoms with Crippen molar-refractivity contribution < 1.29 is 117 Å². The highest BCUT2D eigenvalue weighted by Crippen LogP contribution is 2.39. The molecule has 2 unspecified atom stereocenters. The maximum Gasteiger partial charge on any atom is 0.434 e. The third-order valence-electron chi connectivity index (χ3n) is 15.0. The van der Waals surface area contributed by atoms with E-state index >= 15 is 0 Å². The fourth-order valence-corrected chi connectivity index (χ4v) is 10.5. The predicted octanol–water partition coefficient (Wildman–Crippen LogP) is 3.41. The van der Waals surface area contributed by atoms with Gasteiger partial charge in [0.25, 0.3) is 0 Å². The number of halogens is 6. The molecule has 4 saturated heterocycles. The number of carbonyl (C=O) groups is 3.